The summed E-state index contributed by atoms with van der Waals surface area (Å²) in [5.74, 6) is -0.383. The van der Waals surface area contributed by atoms with Gasteiger partial charge in [0.2, 0.25) is 0 Å². The zero-order valence-electron chi connectivity index (χ0n) is 10.2. The molecule has 0 aromatic rings. The Morgan fingerprint density at radius 2 is 1.60 bits per heavy atom. The standard InChI is InChI=1S/C9H15F3O.C2H6/c1-4-5-8(3,7(2)13)6-9(10,11)12;1-2/h4-6H2,1-3H3;1-2H3. The first-order valence-corrected chi connectivity index (χ1v) is 5.29. The average molecular weight is 226 g/mol. The Balaban J connectivity index is 0. The van der Waals surface area contributed by atoms with E-state index in [1.807, 2.05) is 13.8 Å². The average Bonchev–Trinajstić information content (AvgIpc) is 2.04. The summed E-state index contributed by atoms with van der Waals surface area (Å²) in [4.78, 5) is 11.0. The van der Waals surface area contributed by atoms with Gasteiger partial charge in [-0.25, -0.2) is 0 Å². The van der Waals surface area contributed by atoms with E-state index in [1.54, 1.807) is 6.92 Å². The molecule has 1 nitrogen and oxygen atoms in total. The predicted octanol–water partition coefficient (Wildman–Crippen LogP) is 4.36. The smallest absolute Gasteiger partial charge is 0.299 e. The Morgan fingerprint density at radius 3 is 1.80 bits per heavy atom. The van der Waals surface area contributed by atoms with Crippen LogP contribution in [0.4, 0.5) is 13.2 Å². The number of ketones is 1. The second-order valence-electron chi connectivity index (χ2n) is 3.66. The zero-order chi connectivity index (χ0) is 12.7. The van der Waals surface area contributed by atoms with Crippen LogP contribution in [0.1, 0.15) is 53.9 Å². The Morgan fingerprint density at radius 1 is 1.20 bits per heavy atom. The van der Waals surface area contributed by atoms with E-state index in [-0.39, 0.29) is 5.78 Å². The second-order valence-corrected chi connectivity index (χ2v) is 3.66. The molecule has 0 N–H and O–H groups in total. The summed E-state index contributed by atoms with van der Waals surface area (Å²) in [6, 6.07) is 0. The fourth-order valence-electron chi connectivity index (χ4n) is 1.38. The van der Waals surface area contributed by atoms with Crippen LogP contribution < -0.4 is 0 Å². The van der Waals surface area contributed by atoms with Crippen LogP contribution in [0.3, 0.4) is 0 Å². The number of hydrogen-bond acceptors (Lipinski definition) is 1. The lowest BCUT2D eigenvalue weighted by atomic mass is 9.79. The van der Waals surface area contributed by atoms with Crippen molar-refractivity contribution in [1.82, 2.24) is 0 Å². The van der Waals surface area contributed by atoms with Gasteiger partial charge in [-0.3, -0.25) is 4.79 Å². The van der Waals surface area contributed by atoms with Gasteiger partial charge < -0.3 is 0 Å². The van der Waals surface area contributed by atoms with Crippen molar-refractivity contribution >= 4 is 5.78 Å². The fourth-order valence-corrected chi connectivity index (χ4v) is 1.38. The highest BCUT2D eigenvalue weighted by Gasteiger charge is 2.41. The largest absolute Gasteiger partial charge is 0.390 e. The van der Waals surface area contributed by atoms with Crippen molar-refractivity contribution in [1.29, 1.82) is 0 Å². The van der Waals surface area contributed by atoms with Gasteiger partial charge in [-0.1, -0.05) is 34.1 Å². The molecule has 15 heavy (non-hydrogen) atoms. The first-order valence-electron chi connectivity index (χ1n) is 5.29. The molecule has 4 heteroatoms. The molecule has 1 atom stereocenters. The van der Waals surface area contributed by atoms with Crippen molar-refractivity contribution in [3.05, 3.63) is 0 Å². The fraction of sp³-hybridized carbons (Fsp3) is 0.909. The van der Waals surface area contributed by atoms with Crippen molar-refractivity contribution in [2.75, 3.05) is 0 Å². The van der Waals surface area contributed by atoms with E-state index in [4.69, 9.17) is 0 Å². The molecule has 0 aliphatic heterocycles. The van der Waals surface area contributed by atoms with E-state index in [0.29, 0.717) is 12.8 Å². The molecule has 0 saturated heterocycles. The first-order chi connectivity index (χ1) is 6.71. The maximum absolute atomic E-state index is 12.1. The zero-order valence-corrected chi connectivity index (χ0v) is 10.2. The minimum absolute atomic E-state index is 0.293. The molecule has 0 rings (SSSR count). The monoisotopic (exact) mass is 226 g/mol. The molecule has 92 valence electrons. The SMILES string of the molecule is CC.CCCC(C)(CC(F)(F)F)C(C)=O. The number of Topliss-reactive ketones (excluding diaryl/α,β-unsaturated/α-hetero) is 1. The topological polar surface area (TPSA) is 17.1 Å². The quantitative estimate of drug-likeness (QED) is 0.696. The van der Waals surface area contributed by atoms with Gasteiger partial charge in [-0.2, -0.15) is 13.2 Å². The van der Waals surface area contributed by atoms with Crippen LogP contribution >= 0.6 is 0 Å². The van der Waals surface area contributed by atoms with Crippen LogP contribution in [0.2, 0.25) is 0 Å². The van der Waals surface area contributed by atoms with E-state index in [9.17, 15) is 18.0 Å². The molecule has 0 fully saturated rings. The summed E-state index contributed by atoms with van der Waals surface area (Å²) >= 11 is 0. The molecule has 0 radical (unpaired) electrons. The lowest BCUT2D eigenvalue weighted by molar-refractivity contribution is -0.165. The molecule has 0 aromatic carbocycles. The summed E-state index contributed by atoms with van der Waals surface area (Å²) in [7, 11) is 0. The Kier molecular flexibility index (Phi) is 7.71. The van der Waals surface area contributed by atoms with Crippen LogP contribution in [0, 0.1) is 5.41 Å². The molecule has 0 heterocycles. The van der Waals surface area contributed by atoms with Gasteiger partial charge in [0.05, 0.1) is 6.42 Å². The molecule has 0 spiro atoms. The van der Waals surface area contributed by atoms with Crippen LogP contribution in [0.15, 0.2) is 0 Å². The second kappa shape index (κ2) is 6.85. The lowest BCUT2D eigenvalue weighted by Gasteiger charge is -2.27. The van der Waals surface area contributed by atoms with E-state index >= 15 is 0 Å². The number of alkyl halides is 3. The molecule has 0 aromatic heterocycles. The van der Waals surface area contributed by atoms with Gasteiger partial charge in [-0.05, 0) is 13.3 Å². The van der Waals surface area contributed by atoms with E-state index < -0.39 is 18.0 Å². The molecule has 1 unspecified atom stereocenters. The van der Waals surface area contributed by atoms with Crippen molar-refractivity contribution in [2.45, 2.75) is 60.1 Å². The Bertz CT molecular complexity index is 187. The minimum Gasteiger partial charge on any atom is -0.299 e. The molecule has 0 aliphatic rings. The third-order valence-corrected chi connectivity index (χ3v) is 2.24. The Hall–Kier alpha value is -0.540. The van der Waals surface area contributed by atoms with Crippen molar-refractivity contribution < 1.29 is 18.0 Å². The maximum atomic E-state index is 12.1. The third kappa shape index (κ3) is 7.40. The van der Waals surface area contributed by atoms with Crippen molar-refractivity contribution in [2.24, 2.45) is 5.41 Å². The number of hydrogen-bond donors (Lipinski definition) is 0. The molecule has 0 amide bonds. The molecule has 0 bridgehead atoms. The summed E-state index contributed by atoms with van der Waals surface area (Å²) in [6.45, 7) is 8.38. The number of carbonyl (C=O) groups excluding carboxylic acids is 1. The highest BCUT2D eigenvalue weighted by Crippen LogP contribution is 2.37. The maximum Gasteiger partial charge on any atom is 0.390 e. The van der Waals surface area contributed by atoms with Crippen molar-refractivity contribution in [3.8, 4) is 0 Å². The van der Waals surface area contributed by atoms with Gasteiger partial charge >= 0.3 is 6.18 Å². The highest BCUT2D eigenvalue weighted by atomic mass is 19.4. The Labute approximate surface area is 90.1 Å². The first kappa shape index (κ1) is 16.9. The molecular weight excluding hydrogens is 205 g/mol. The normalized spacial score (nSPS) is 14.9. The van der Waals surface area contributed by atoms with Gasteiger partial charge in [0.1, 0.15) is 5.78 Å². The lowest BCUT2D eigenvalue weighted by Crippen LogP contribution is -2.31. The summed E-state index contributed by atoms with van der Waals surface area (Å²) in [5, 5.41) is 0. The van der Waals surface area contributed by atoms with E-state index in [0.717, 1.165) is 0 Å². The van der Waals surface area contributed by atoms with Gasteiger partial charge in [-0.15, -0.1) is 0 Å². The summed E-state index contributed by atoms with van der Waals surface area (Å²) in [6.07, 6.45) is -4.38. The van der Waals surface area contributed by atoms with Gasteiger partial charge in [0, 0.05) is 5.41 Å². The number of halogens is 3. The van der Waals surface area contributed by atoms with Crippen LogP contribution in [-0.2, 0) is 4.79 Å². The minimum atomic E-state index is -4.25. The van der Waals surface area contributed by atoms with E-state index in [2.05, 4.69) is 0 Å². The summed E-state index contributed by atoms with van der Waals surface area (Å²) in [5.41, 5.74) is -1.23. The van der Waals surface area contributed by atoms with Crippen LogP contribution in [0.25, 0.3) is 0 Å². The number of carbonyl (C=O) groups is 1. The molecular formula is C11H21F3O. The summed E-state index contributed by atoms with van der Waals surface area (Å²) < 4.78 is 36.2. The van der Waals surface area contributed by atoms with Crippen LogP contribution in [0.5, 0.6) is 0 Å². The third-order valence-electron chi connectivity index (χ3n) is 2.24. The van der Waals surface area contributed by atoms with E-state index in [1.165, 1.54) is 13.8 Å². The predicted molar refractivity (Wildman–Crippen MR) is 55.7 cm³/mol. The van der Waals surface area contributed by atoms with Crippen molar-refractivity contribution in [3.63, 3.8) is 0 Å². The highest BCUT2D eigenvalue weighted by molar-refractivity contribution is 5.81. The van der Waals surface area contributed by atoms with Gasteiger partial charge in [0.25, 0.3) is 0 Å². The number of rotatable bonds is 4. The van der Waals surface area contributed by atoms with Gasteiger partial charge in [0.15, 0.2) is 0 Å². The van der Waals surface area contributed by atoms with Crippen LogP contribution in [-0.4, -0.2) is 12.0 Å². The molecule has 0 aliphatic carbocycles. The molecule has 0 saturated carbocycles.